The van der Waals surface area contributed by atoms with E-state index in [0.717, 1.165) is 41.8 Å². The minimum absolute atomic E-state index is 0.0162. The van der Waals surface area contributed by atoms with Crippen molar-refractivity contribution < 1.29 is 14.3 Å². The van der Waals surface area contributed by atoms with Crippen molar-refractivity contribution in [1.82, 2.24) is 9.80 Å². The molecule has 0 radical (unpaired) electrons. The van der Waals surface area contributed by atoms with E-state index in [0.29, 0.717) is 36.1 Å². The fourth-order valence-corrected chi connectivity index (χ4v) is 5.98. The Balaban J connectivity index is 1.63. The third-order valence-electron chi connectivity index (χ3n) is 5.85. The zero-order chi connectivity index (χ0) is 24.5. The molecule has 1 aliphatic heterocycles. The summed E-state index contributed by atoms with van der Waals surface area (Å²) in [6, 6.07) is 15.6. The number of nitrogens with zero attached hydrogens (tertiary/aromatic N) is 3. The standard InChI is InChI=1S/C26H34N3O3PS/c1-28(2)17-23(34-18-33)15-26(30)29-10-8-21(9-11-29)32-22-13-19(16-27)12-20(14-22)24-6-4-5-7-25(24)31-3/h4-7,12-14,21,23H,8-11,15,17-18,33H2,1-3H3. The van der Waals surface area contributed by atoms with Gasteiger partial charge in [-0.1, -0.05) is 18.2 Å². The van der Waals surface area contributed by atoms with Gasteiger partial charge in [0.05, 0.1) is 18.7 Å². The van der Waals surface area contributed by atoms with Gasteiger partial charge in [-0.2, -0.15) is 17.0 Å². The molecule has 2 aromatic carbocycles. The Hall–Kier alpha value is -2.26. The van der Waals surface area contributed by atoms with Crippen molar-refractivity contribution >= 4 is 26.9 Å². The van der Waals surface area contributed by atoms with Crippen molar-refractivity contribution in [2.75, 3.05) is 46.3 Å². The molecule has 1 amide bonds. The zero-order valence-corrected chi connectivity index (χ0v) is 22.2. The molecule has 34 heavy (non-hydrogen) atoms. The first kappa shape index (κ1) is 26.3. The van der Waals surface area contributed by atoms with Gasteiger partial charge in [0.2, 0.25) is 5.91 Å². The monoisotopic (exact) mass is 499 g/mol. The lowest BCUT2D eigenvalue weighted by Crippen LogP contribution is -2.43. The van der Waals surface area contributed by atoms with Crippen LogP contribution in [-0.4, -0.2) is 73.4 Å². The van der Waals surface area contributed by atoms with Crippen molar-refractivity contribution in [3.8, 4) is 28.7 Å². The Kier molecular flexibility index (Phi) is 10.1. The summed E-state index contributed by atoms with van der Waals surface area (Å²) >= 11 is 1.82. The summed E-state index contributed by atoms with van der Waals surface area (Å²) in [7, 11) is 8.47. The summed E-state index contributed by atoms with van der Waals surface area (Å²) in [5.74, 6) is 1.65. The van der Waals surface area contributed by atoms with E-state index < -0.39 is 0 Å². The first-order valence-corrected chi connectivity index (χ1v) is 13.4. The molecule has 0 aromatic heterocycles. The number of thioether (sulfide) groups is 1. The molecular weight excluding hydrogens is 465 g/mol. The number of nitriles is 1. The molecule has 8 heteroatoms. The molecule has 2 atom stereocenters. The number of likely N-dealkylation sites (tertiary alicyclic amines) is 1. The molecule has 0 saturated carbocycles. The van der Waals surface area contributed by atoms with Gasteiger partial charge in [0.1, 0.15) is 17.6 Å². The predicted molar refractivity (Wildman–Crippen MR) is 143 cm³/mol. The van der Waals surface area contributed by atoms with Crippen LogP contribution in [0.1, 0.15) is 24.8 Å². The highest BCUT2D eigenvalue weighted by molar-refractivity contribution is 8.02. The highest BCUT2D eigenvalue weighted by Gasteiger charge is 2.26. The van der Waals surface area contributed by atoms with Gasteiger partial charge in [-0.05, 0) is 43.9 Å². The molecule has 0 N–H and O–H groups in total. The molecule has 1 heterocycles. The number of carbonyl (C=O) groups excluding carboxylic acids is 1. The maximum atomic E-state index is 12.9. The number of ether oxygens (including phenoxy) is 2. The number of amides is 1. The van der Waals surface area contributed by atoms with Gasteiger partial charge in [-0.15, -0.1) is 9.24 Å². The van der Waals surface area contributed by atoms with Gasteiger partial charge in [0.15, 0.2) is 0 Å². The van der Waals surface area contributed by atoms with E-state index in [-0.39, 0.29) is 12.0 Å². The van der Waals surface area contributed by atoms with Crippen LogP contribution in [0.4, 0.5) is 0 Å². The van der Waals surface area contributed by atoms with E-state index in [1.54, 1.807) is 13.2 Å². The van der Waals surface area contributed by atoms with E-state index >= 15 is 0 Å². The van der Waals surface area contributed by atoms with E-state index in [1.165, 1.54) is 0 Å². The van der Waals surface area contributed by atoms with Crippen LogP contribution in [0.3, 0.4) is 0 Å². The molecule has 0 spiro atoms. The summed E-state index contributed by atoms with van der Waals surface area (Å²) in [6.45, 7) is 2.29. The minimum Gasteiger partial charge on any atom is -0.496 e. The largest absolute Gasteiger partial charge is 0.496 e. The Morgan fingerprint density at radius 3 is 2.65 bits per heavy atom. The van der Waals surface area contributed by atoms with Crippen LogP contribution in [0, 0.1) is 11.3 Å². The lowest BCUT2D eigenvalue weighted by molar-refractivity contribution is -0.133. The van der Waals surface area contributed by atoms with E-state index in [2.05, 4.69) is 20.2 Å². The van der Waals surface area contributed by atoms with Crippen LogP contribution in [0.5, 0.6) is 11.5 Å². The third-order valence-corrected chi connectivity index (χ3v) is 7.41. The van der Waals surface area contributed by atoms with Gasteiger partial charge in [0, 0.05) is 55.2 Å². The predicted octanol–water partition coefficient (Wildman–Crippen LogP) is 4.49. The molecule has 1 saturated heterocycles. The number of carbonyl (C=O) groups is 1. The first-order chi connectivity index (χ1) is 16.4. The molecule has 1 aliphatic rings. The van der Waals surface area contributed by atoms with Crippen molar-refractivity contribution in [3.63, 3.8) is 0 Å². The lowest BCUT2D eigenvalue weighted by Gasteiger charge is -2.33. The Labute approximate surface area is 209 Å². The SMILES string of the molecule is COc1ccccc1-c1cc(C#N)cc(OC2CCN(C(=O)CC(CN(C)C)SCP)CC2)c1. The smallest absolute Gasteiger partial charge is 0.223 e. The van der Waals surface area contributed by atoms with Crippen molar-refractivity contribution in [3.05, 3.63) is 48.0 Å². The summed E-state index contributed by atoms with van der Waals surface area (Å²) < 4.78 is 11.8. The summed E-state index contributed by atoms with van der Waals surface area (Å²) in [6.07, 6.45) is 2.14. The van der Waals surface area contributed by atoms with Crippen molar-refractivity contribution in [2.24, 2.45) is 0 Å². The number of benzene rings is 2. The fraction of sp³-hybridized carbons (Fsp3) is 0.462. The summed E-state index contributed by atoms with van der Waals surface area (Å²) in [5, 5.41) is 9.84. The third kappa shape index (κ3) is 7.37. The van der Waals surface area contributed by atoms with Crippen LogP contribution in [0.15, 0.2) is 42.5 Å². The average molecular weight is 500 g/mol. The Morgan fingerprint density at radius 2 is 2.00 bits per heavy atom. The molecule has 0 aliphatic carbocycles. The second-order valence-corrected chi connectivity index (χ2v) is 11.0. The quantitative estimate of drug-likeness (QED) is 0.449. The van der Waals surface area contributed by atoms with Gasteiger partial charge in [0.25, 0.3) is 0 Å². The van der Waals surface area contributed by atoms with Gasteiger partial charge in [-0.25, -0.2) is 0 Å². The van der Waals surface area contributed by atoms with Gasteiger partial charge < -0.3 is 19.3 Å². The fourth-order valence-electron chi connectivity index (χ4n) is 4.23. The highest BCUT2D eigenvalue weighted by Crippen LogP contribution is 2.33. The number of methoxy groups -OCH3 is 1. The van der Waals surface area contributed by atoms with Crippen LogP contribution in [0.25, 0.3) is 11.1 Å². The van der Waals surface area contributed by atoms with Crippen LogP contribution in [-0.2, 0) is 4.79 Å². The van der Waals surface area contributed by atoms with Crippen molar-refractivity contribution in [2.45, 2.75) is 30.6 Å². The Morgan fingerprint density at radius 1 is 1.26 bits per heavy atom. The number of rotatable bonds is 10. The van der Waals surface area contributed by atoms with Gasteiger partial charge >= 0.3 is 0 Å². The van der Waals surface area contributed by atoms with Crippen LogP contribution < -0.4 is 9.47 Å². The molecule has 182 valence electrons. The number of hydrogen-bond acceptors (Lipinski definition) is 6. The second kappa shape index (κ2) is 13.0. The van der Waals surface area contributed by atoms with Gasteiger partial charge in [-0.3, -0.25) is 4.79 Å². The highest BCUT2D eigenvalue weighted by atomic mass is 32.2. The molecule has 0 bridgehead atoms. The molecule has 1 fully saturated rings. The molecule has 2 aromatic rings. The molecule has 6 nitrogen and oxygen atoms in total. The normalized spacial score (nSPS) is 15.1. The van der Waals surface area contributed by atoms with E-state index in [4.69, 9.17) is 9.47 Å². The molecule has 3 rings (SSSR count). The first-order valence-electron chi connectivity index (χ1n) is 11.5. The van der Waals surface area contributed by atoms with Crippen LogP contribution >= 0.6 is 21.0 Å². The van der Waals surface area contributed by atoms with Crippen LogP contribution in [0.2, 0.25) is 0 Å². The Bertz CT molecular complexity index is 1000. The lowest BCUT2D eigenvalue weighted by atomic mass is 10.0. The summed E-state index contributed by atoms with van der Waals surface area (Å²) in [5.41, 5.74) is 3.28. The van der Waals surface area contributed by atoms with Crippen molar-refractivity contribution in [1.29, 1.82) is 5.26 Å². The average Bonchev–Trinajstić information content (AvgIpc) is 2.84. The second-order valence-electron chi connectivity index (χ2n) is 8.68. The maximum absolute atomic E-state index is 12.9. The molecular formula is C26H34N3O3PS. The minimum atomic E-state index is 0.0162. The number of para-hydroxylation sites is 1. The topological polar surface area (TPSA) is 65.8 Å². The number of hydrogen-bond donors (Lipinski definition) is 0. The molecule has 2 unspecified atom stereocenters. The zero-order valence-electron chi connectivity index (χ0n) is 20.2. The van der Waals surface area contributed by atoms with E-state index in [9.17, 15) is 10.1 Å². The number of piperidine rings is 1. The van der Waals surface area contributed by atoms with E-state index in [1.807, 2.05) is 67.2 Å². The maximum Gasteiger partial charge on any atom is 0.223 e. The summed E-state index contributed by atoms with van der Waals surface area (Å²) in [4.78, 5) is 17.0.